The first-order valence-corrected chi connectivity index (χ1v) is 12.0. The molecule has 1 aromatic carbocycles. The lowest BCUT2D eigenvalue weighted by Crippen LogP contribution is -2.55. The Bertz CT molecular complexity index is 1100. The Labute approximate surface area is 196 Å². The van der Waals surface area contributed by atoms with Crippen LogP contribution in [0.2, 0.25) is 0 Å². The van der Waals surface area contributed by atoms with E-state index in [2.05, 4.69) is 26.7 Å². The van der Waals surface area contributed by atoms with Crippen molar-refractivity contribution < 1.29 is 14.4 Å². The van der Waals surface area contributed by atoms with Crippen molar-refractivity contribution in [2.45, 2.75) is 32.2 Å². The first kappa shape index (κ1) is 22.8. The third-order valence-corrected chi connectivity index (χ3v) is 6.52. The average molecular weight is 469 g/mol. The molecule has 0 bridgehead atoms. The first-order valence-electron chi connectivity index (χ1n) is 11.1. The Kier molecular flexibility index (Phi) is 7.23. The van der Waals surface area contributed by atoms with E-state index in [9.17, 15) is 14.4 Å². The maximum Gasteiger partial charge on any atom is 0.318 e. The second-order valence-corrected chi connectivity index (χ2v) is 8.97. The molecule has 0 aliphatic carbocycles. The molecule has 1 fully saturated rings. The van der Waals surface area contributed by atoms with Crippen LogP contribution < -0.4 is 10.6 Å². The topological polar surface area (TPSA) is 110 Å². The monoisotopic (exact) mass is 468 g/mol. The summed E-state index contributed by atoms with van der Waals surface area (Å²) in [6.45, 7) is 3.52. The summed E-state index contributed by atoms with van der Waals surface area (Å²) in [7, 11) is 0. The number of anilines is 1. The molecule has 2 aromatic heterocycles. The maximum absolute atomic E-state index is 12.6. The van der Waals surface area contributed by atoms with Crippen molar-refractivity contribution in [2.24, 2.45) is 0 Å². The molecule has 1 aliphatic rings. The first-order chi connectivity index (χ1) is 16.0. The van der Waals surface area contributed by atoms with Gasteiger partial charge in [-0.05, 0) is 31.4 Å². The zero-order chi connectivity index (χ0) is 23.2. The summed E-state index contributed by atoms with van der Waals surface area (Å²) in [5, 5.41) is 8.86. The summed E-state index contributed by atoms with van der Waals surface area (Å²) in [5.74, 6) is -0.201. The van der Waals surface area contributed by atoms with E-state index in [0.717, 1.165) is 18.4 Å². The summed E-state index contributed by atoms with van der Waals surface area (Å²) < 4.78 is 0. The van der Waals surface area contributed by atoms with Crippen LogP contribution in [0.5, 0.6) is 0 Å². The predicted octanol–water partition coefficient (Wildman–Crippen LogP) is 2.83. The number of thiazole rings is 1. The molecule has 0 spiro atoms. The summed E-state index contributed by atoms with van der Waals surface area (Å²) in [5.41, 5.74) is 2.34. The number of para-hydroxylation sites is 1. The van der Waals surface area contributed by atoms with E-state index < -0.39 is 6.04 Å². The number of piperazine rings is 1. The fourth-order valence-electron chi connectivity index (χ4n) is 3.93. The van der Waals surface area contributed by atoms with Crippen LogP contribution in [0.15, 0.2) is 42.0 Å². The number of hydrogen-bond donors (Lipinski definition) is 3. The Hall–Kier alpha value is -3.40. The zero-order valence-electron chi connectivity index (χ0n) is 18.5. The Morgan fingerprint density at radius 2 is 1.91 bits per heavy atom. The lowest BCUT2D eigenvalue weighted by Gasteiger charge is -2.35. The van der Waals surface area contributed by atoms with E-state index in [-0.39, 0.29) is 17.8 Å². The highest BCUT2D eigenvalue weighted by Gasteiger charge is 2.26. The number of carbonyl (C=O) groups excluding carboxylic acids is 3. The smallest absolute Gasteiger partial charge is 0.318 e. The number of aromatic amines is 1. The van der Waals surface area contributed by atoms with Crippen molar-refractivity contribution in [3.05, 3.63) is 47.6 Å². The van der Waals surface area contributed by atoms with Gasteiger partial charge in [-0.1, -0.05) is 18.2 Å². The number of nitrogens with one attached hydrogen (secondary N) is 3. The number of carbonyl (C=O) groups is 3. The van der Waals surface area contributed by atoms with Gasteiger partial charge in [-0.3, -0.25) is 9.59 Å². The van der Waals surface area contributed by atoms with Crippen molar-refractivity contribution in [1.29, 1.82) is 0 Å². The summed E-state index contributed by atoms with van der Waals surface area (Å²) in [6.07, 6.45) is 5.74. The van der Waals surface area contributed by atoms with Crippen LogP contribution in [-0.2, 0) is 16.0 Å². The van der Waals surface area contributed by atoms with Crippen molar-refractivity contribution in [2.75, 3.05) is 31.5 Å². The molecule has 3 N–H and O–H groups in total. The van der Waals surface area contributed by atoms with Crippen LogP contribution in [0.1, 0.15) is 25.3 Å². The van der Waals surface area contributed by atoms with Crippen LogP contribution in [0, 0.1) is 0 Å². The molecule has 1 aliphatic heterocycles. The number of amides is 4. The summed E-state index contributed by atoms with van der Waals surface area (Å²) in [4.78, 5) is 48.1. The Morgan fingerprint density at radius 3 is 2.67 bits per heavy atom. The van der Waals surface area contributed by atoms with Crippen LogP contribution >= 0.6 is 11.3 Å². The van der Waals surface area contributed by atoms with Gasteiger partial charge in [0.15, 0.2) is 5.13 Å². The molecule has 4 amide bonds. The molecule has 0 radical (unpaired) electrons. The largest absolute Gasteiger partial charge is 0.361 e. The molecule has 0 unspecified atom stereocenters. The number of rotatable bonds is 7. The van der Waals surface area contributed by atoms with Crippen LogP contribution in [0.25, 0.3) is 10.9 Å². The van der Waals surface area contributed by atoms with Gasteiger partial charge >= 0.3 is 6.03 Å². The molecule has 1 atom stereocenters. The van der Waals surface area contributed by atoms with Gasteiger partial charge in [-0.2, -0.15) is 0 Å². The number of H-pyrrole nitrogens is 1. The third-order valence-electron chi connectivity index (χ3n) is 5.83. The highest BCUT2D eigenvalue weighted by molar-refractivity contribution is 7.13. The molecule has 1 saturated heterocycles. The molecule has 3 aromatic rings. The van der Waals surface area contributed by atoms with E-state index in [1.165, 1.54) is 22.3 Å². The molecule has 10 heteroatoms. The highest BCUT2D eigenvalue weighted by Crippen LogP contribution is 2.20. The number of aromatic nitrogens is 2. The summed E-state index contributed by atoms with van der Waals surface area (Å²) in [6, 6.07) is 7.18. The van der Waals surface area contributed by atoms with Crippen LogP contribution in [0.3, 0.4) is 0 Å². The third kappa shape index (κ3) is 5.70. The van der Waals surface area contributed by atoms with E-state index in [4.69, 9.17) is 0 Å². The molecule has 33 heavy (non-hydrogen) atoms. The second-order valence-electron chi connectivity index (χ2n) is 8.08. The van der Waals surface area contributed by atoms with Crippen LogP contribution in [0.4, 0.5) is 9.93 Å². The van der Waals surface area contributed by atoms with Crippen molar-refractivity contribution >= 4 is 45.2 Å². The number of urea groups is 1. The Balaban J connectivity index is 1.17. The van der Waals surface area contributed by atoms with Crippen LogP contribution in [-0.4, -0.2) is 69.8 Å². The van der Waals surface area contributed by atoms with E-state index in [1.807, 2.05) is 29.3 Å². The molecule has 3 heterocycles. The van der Waals surface area contributed by atoms with Gasteiger partial charge in [0.05, 0.1) is 0 Å². The number of benzene rings is 1. The molecule has 9 nitrogen and oxygen atoms in total. The molecular formula is C23H28N6O3S. The predicted molar refractivity (Wildman–Crippen MR) is 128 cm³/mol. The normalized spacial score (nSPS) is 14.8. The number of nitrogens with zero attached hydrogens (tertiary/aromatic N) is 3. The minimum Gasteiger partial charge on any atom is -0.361 e. The number of fused-ring (bicyclic) bond motifs is 1. The van der Waals surface area contributed by atoms with E-state index >= 15 is 0 Å². The van der Waals surface area contributed by atoms with Gasteiger partial charge in [0.1, 0.15) is 6.04 Å². The molecule has 4 rings (SSSR count). The van der Waals surface area contributed by atoms with Crippen molar-refractivity contribution in [3.8, 4) is 0 Å². The van der Waals surface area contributed by atoms with Gasteiger partial charge in [0.25, 0.3) is 0 Å². The van der Waals surface area contributed by atoms with Gasteiger partial charge in [-0.25, -0.2) is 9.78 Å². The lowest BCUT2D eigenvalue weighted by molar-refractivity contribution is -0.132. The van der Waals surface area contributed by atoms with E-state index in [0.29, 0.717) is 37.7 Å². The standard InChI is InChI=1S/C23H28N6O3S/c1-16(21(31)27-22-24-9-14-33-22)26-23(32)29-12-10-28(11-13-29)20(30)8-4-5-17-15-25-19-7-3-2-6-18(17)19/h2-3,6-7,9,14-16,25H,4-5,8,10-13H2,1H3,(H,26,32)(H,24,27,31)/t16-/m0/s1. The summed E-state index contributed by atoms with van der Waals surface area (Å²) >= 11 is 1.32. The van der Waals surface area contributed by atoms with Crippen molar-refractivity contribution in [1.82, 2.24) is 25.1 Å². The highest BCUT2D eigenvalue weighted by atomic mass is 32.1. The Morgan fingerprint density at radius 1 is 1.15 bits per heavy atom. The number of hydrogen-bond acceptors (Lipinski definition) is 5. The second kappa shape index (κ2) is 10.5. The quantitative estimate of drug-likeness (QED) is 0.495. The van der Waals surface area contributed by atoms with E-state index in [1.54, 1.807) is 23.4 Å². The minimum absolute atomic E-state index is 0.117. The number of aryl methyl sites for hydroxylation is 1. The zero-order valence-corrected chi connectivity index (χ0v) is 19.4. The van der Waals surface area contributed by atoms with Gasteiger partial charge < -0.3 is 25.4 Å². The fourth-order valence-corrected chi connectivity index (χ4v) is 4.46. The van der Waals surface area contributed by atoms with Gasteiger partial charge in [0, 0.05) is 61.3 Å². The molecular weight excluding hydrogens is 440 g/mol. The maximum atomic E-state index is 12.6. The van der Waals surface area contributed by atoms with Crippen molar-refractivity contribution in [3.63, 3.8) is 0 Å². The fraction of sp³-hybridized carbons (Fsp3) is 0.391. The molecule has 0 saturated carbocycles. The SMILES string of the molecule is C[C@H](NC(=O)N1CCN(C(=O)CCCc2c[nH]c3ccccc23)CC1)C(=O)Nc1nccs1. The molecule has 174 valence electrons. The minimum atomic E-state index is -0.689. The average Bonchev–Trinajstić information content (AvgIpc) is 3.49. The van der Waals surface area contributed by atoms with Gasteiger partial charge in [-0.15, -0.1) is 11.3 Å². The lowest BCUT2D eigenvalue weighted by atomic mass is 10.1. The van der Waals surface area contributed by atoms with Gasteiger partial charge in [0.2, 0.25) is 11.8 Å².